The number of unbranched alkanes of at least 4 members (excludes halogenated alkanes) is 4. The molecule has 2 aromatic rings. The van der Waals surface area contributed by atoms with Crippen molar-refractivity contribution in [2.75, 3.05) is 0 Å². The summed E-state index contributed by atoms with van der Waals surface area (Å²) in [5.74, 6) is 2.57. The van der Waals surface area contributed by atoms with Gasteiger partial charge < -0.3 is 0 Å². The van der Waals surface area contributed by atoms with Gasteiger partial charge in [-0.3, -0.25) is 0 Å². The van der Waals surface area contributed by atoms with E-state index in [2.05, 4.69) is 6.92 Å². The van der Waals surface area contributed by atoms with Gasteiger partial charge in [0, 0.05) is 5.39 Å². The summed E-state index contributed by atoms with van der Waals surface area (Å²) < 4.78 is 28.2. The van der Waals surface area contributed by atoms with Crippen molar-refractivity contribution < 1.29 is 8.78 Å². The lowest BCUT2D eigenvalue weighted by Gasteiger charge is -2.42. The number of hydrogen-bond donors (Lipinski definition) is 0. The average Bonchev–Trinajstić information content (AvgIpc) is 2.72. The summed E-state index contributed by atoms with van der Waals surface area (Å²) in [5, 5.41) is 1.23. The quantitative estimate of drug-likeness (QED) is 0.409. The van der Waals surface area contributed by atoms with Crippen LogP contribution in [0.2, 0.25) is 0 Å². The lowest BCUT2D eigenvalue weighted by atomic mass is 9.63. The van der Waals surface area contributed by atoms with E-state index in [0.29, 0.717) is 16.7 Å². The molecule has 4 unspecified atom stereocenters. The molecule has 2 aromatic carbocycles. The lowest BCUT2D eigenvalue weighted by molar-refractivity contribution is 0.113. The topological polar surface area (TPSA) is 0 Å². The number of fused-ring (bicyclic) bond motifs is 2. The molecule has 2 fully saturated rings. The summed E-state index contributed by atoms with van der Waals surface area (Å²) >= 11 is 0. The van der Waals surface area contributed by atoms with Crippen LogP contribution in [0.3, 0.4) is 0 Å². The van der Waals surface area contributed by atoms with Gasteiger partial charge in [-0.05, 0) is 91.0 Å². The van der Waals surface area contributed by atoms with Gasteiger partial charge in [0.25, 0.3) is 0 Å². The largest absolute Gasteiger partial charge is 0.207 e. The predicted octanol–water partition coefficient (Wildman–Crippen LogP) is 8.78. The van der Waals surface area contributed by atoms with Crippen LogP contribution in [0, 0.1) is 29.4 Å². The van der Waals surface area contributed by atoms with Gasteiger partial charge in [0.15, 0.2) is 0 Å². The van der Waals surface area contributed by atoms with Gasteiger partial charge in [-0.1, -0.05) is 57.9 Å². The molecule has 0 aliphatic heterocycles. The van der Waals surface area contributed by atoms with Crippen molar-refractivity contribution in [2.45, 2.75) is 89.9 Å². The van der Waals surface area contributed by atoms with E-state index < -0.39 is 0 Å². The van der Waals surface area contributed by atoms with Crippen LogP contribution in [-0.4, -0.2) is 0 Å². The van der Waals surface area contributed by atoms with Crippen LogP contribution in [0.15, 0.2) is 30.3 Å². The molecule has 2 heteroatoms. The van der Waals surface area contributed by atoms with Crippen molar-refractivity contribution in [1.29, 1.82) is 0 Å². The Morgan fingerprint density at radius 2 is 1.62 bits per heavy atom. The molecule has 2 saturated carbocycles. The van der Waals surface area contributed by atoms with Gasteiger partial charge in [-0.15, -0.1) is 0 Å². The Balaban J connectivity index is 1.35. The molecular formula is C27H36F2. The van der Waals surface area contributed by atoms with E-state index in [1.807, 2.05) is 6.07 Å². The van der Waals surface area contributed by atoms with Crippen molar-refractivity contribution in [3.8, 4) is 0 Å². The molecular weight excluding hydrogens is 362 g/mol. The first-order valence-corrected chi connectivity index (χ1v) is 12.0. The van der Waals surface area contributed by atoms with Crippen molar-refractivity contribution in [1.82, 2.24) is 0 Å². The van der Waals surface area contributed by atoms with E-state index in [0.717, 1.165) is 29.7 Å². The molecule has 0 amide bonds. The normalized spacial score (nSPS) is 27.1. The minimum atomic E-state index is -0.286. The molecule has 0 radical (unpaired) electrons. The highest BCUT2D eigenvalue weighted by Gasteiger charge is 2.36. The molecule has 4 rings (SSSR count). The Morgan fingerprint density at radius 3 is 2.48 bits per heavy atom. The van der Waals surface area contributed by atoms with Gasteiger partial charge in [-0.25, -0.2) is 8.78 Å². The van der Waals surface area contributed by atoms with E-state index in [1.165, 1.54) is 82.8 Å². The summed E-state index contributed by atoms with van der Waals surface area (Å²) in [4.78, 5) is 0. The van der Waals surface area contributed by atoms with Crippen molar-refractivity contribution in [3.05, 3.63) is 47.5 Å². The smallest absolute Gasteiger partial charge is 0.131 e. The summed E-state index contributed by atoms with van der Waals surface area (Å²) in [5.41, 5.74) is 1.08. The van der Waals surface area contributed by atoms with Crippen molar-refractivity contribution in [2.24, 2.45) is 17.8 Å². The van der Waals surface area contributed by atoms with Gasteiger partial charge in [0.05, 0.1) is 0 Å². The van der Waals surface area contributed by atoms with E-state index in [-0.39, 0.29) is 11.6 Å². The Bertz CT molecular complexity index is 812. The zero-order valence-corrected chi connectivity index (χ0v) is 17.9. The number of rotatable bonds is 7. The summed E-state index contributed by atoms with van der Waals surface area (Å²) in [6.45, 7) is 2.28. The molecule has 0 bridgehead atoms. The second-order valence-electron chi connectivity index (χ2n) is 9.78. The highest BCUT2D eigenvalue weighted by atomic mass is 19.1. The molecule has 0 spiro atoms. The first kappa shape index (κ1) is 20.8. The molecule has 0 N–H and O–H groups in total. The third kappa shape index (κ3) is 5.01. The maximum atomic E-state index is 14.6. The van der Waals surface area contributed by atoms with Crippen LogP contribution in [0.4, 0.5) is 8.78 Å². The van der Waals surface area contributed by atoms with Crippen LogP contribution in [0.1, 0.15) is 95.5 Å². The molecule has 29 heavy (non-hydrogen) atoms. The fourth-order valence-corrected chi connectivity index (χ4v) is 6.14. The lowest BCUT2D eigenvalue weighted by Crippen LogP contribution is -2.30. The predicted molar refractivity (Wildman–Crippen MR) is 118 cm³/mol. The summed E-state index contributed by atoms with van der Waals surface area (Å²) in [7, 11) is 0. The summed E-state index contributed by atoms with van der Waals surface area (Å²) in [6, 6.07) is 8.13. The van der Waals surface area contributed by atoms with E-state index in [1.54, 1.807) is 12.1 Å². The maximum absolute atomic E-state index is 14.6. The molecule has 4 atom stereocenters. The van der Waals surface area contributed by atoms with Crippen LogP contribution in [0.25, 0.3) is 10.8 Å². The van der Waals surface area contributed by atoms with Crippen LogP contribution in [-0.2, 0) is 0 Å². The highest BCUT2D eigenvalue weighted by Crippen LogP contribution is 2.48. The first-order valence-electron chi connectivity index (χ1n) is 12.0. The molecule has 0 saturated heterocycles. The fourth-order valence-electron chi connectivity index (χ4n) is 6.14. The summed E-state index contributed by atoms with van der Waals surface area (Å²) in [6.07, 6.45) is 16.2. The third-order valence-corrected chi connectivity index (χ3v) is 7.80. The van der Waals surface area contributed by atoms with Gasteiger partial charge >= 0.3 is 0 Å². The number of benzene rings is 2. The monoisotopic (exact) mass is 398 g/mol. The molecule has 2 aliphatic carbocycles. The maximum Gasteiger partial charge on any atom is 0.131 e. The Hall–Kier alpha value is -1.44. The molecule has 2 aliphatic rings. The van der Waals surface area contributed by atoms with E-state index in [9.17, 15) is 8.78 Å². The first-order chi connectivity index (χ1) is 14.1. The standard InChI is InChI=1S/C27H36F2/c1-2-3-4-5-6-7-19-8-9-21-15-22(11-10-20(21)14-19)23-16-24-17-25(28)12-13-26(24)27(29)18-23/h12-13,16-22H,2-11,14-15H2,1H3. The van der Waals surface area contributed by atoms with Crippen molar-refractivity contribution in [3.63, 3.8) is 0 Å². The number of hydrogen-bond acceptors (Lipinski definition) is 0. The highest BCUT2D eigenvalue weighted by molar-refractivity contribution is 5.84. The Morgan fingerprint density at radius 1 is 0.828 bits per heavy atom. The zero-order valence-electron chi connectivity index (χ0n) is 17.9. The van der Waals surface area contributed by atoms with E-state index >= 15 is 0 Å². The van der Waals surface area contributed by atoms with Crippen molar-refractivity contribution >= 4 is 10.8 Å². The van der Waals surface area contributed by atoms with Crippen LogP contribution < -0.4 is 0 Å². The molecule has 0 aromatic heterocycles. The Kier molecular flexibility index (Phi) is 6.88. The fraction of sp³-hybridized carbons (Fsp3) is 0.630. The van der Waals surface area contributed by atoms with Gasteiger partial charge in [0.2, 0.25) is 0 Å². The number of halogens is 2. The second kappa shape index (κ2) is 9.58. The van der Waals surface area contributed by atoms with Crippen LogP contribution >= 0.6 is 0 Å². The SMILES string of the molecule is CCCCCCCC1CCC2CC(c3cc(F)c4ccc(F)cc4c3)CCC2C1. The van der Waals surface area contributed by atoms with Gasteiger partial charge in [0.1, 0.15) is 11.6 Å². The molecule has 0 heterocycles. The zero-order chi connectivity index (χ0) is 20.2. The minimum absolute atomic E-state index is 0.202. The third-order valence-electron chi connectivity index (χ3n) is 7.80. The van der Waals surface area contributed by atoms with Crippen LogP contribution in [0.5, 0.6) is 0 Å². The Labute approximate surface area is 175 Å². The minimum Gasteiger partial charge on any atom is -0.207 e. The average molecular weight is 399 g/mol. The molecule has 158 valence electrons. The second-order valence-corrected chi connectivity index (χ2v) is 9.78. The van der Waals surface area contributed by atoms with E-state index in [4.69, 9.17) is 0 Å². The van der Waals surface area contributed by atoms with Gasteiger partial charge in [-0.2, -0.15) is 0 Å². The molecule has 0 nitrogen and oxygen atoms in total.